The van der Waals surface area contributed by atoms with Gasteiger partial charge in [-0.2, -0.15) is 0 Å². The van der Waals surface area contributed by atoms with Crippen LogP contribution in [-0.4, -0.2) is 64.3 Å². The highest BCUT2D eigenvalue weighted by Crippen LogP contribution is 2.22. The van der Waals surface area contributed by atoms with Crippen molar-refractivity contribution in [2.75, 3.05) is 13.2 Å². The number of rotatable bonds is 13. The van der Waals surface area contributed by atoms with Crippen molar-refractivity contribution in [2.45, 2.75) is 102 Å². The van der Waals surface area contributed by atoms with Crippen molar-refractivity contribution in [2.24, 2.45) is 0 Å². The molecule has 0 bridgehead atoms. The van der Waals surface area contributed by atoms with Crippen LogP contribution in [0.25, 0.3) is 0 Å². The molecule has 24 heavy (non-hydrogen) atoms. The zero-order chi connectivity index (χ0) is 17.8. The third-order valence-electron chi connectivity index (χ3n) is 4.63. The molecule has 0 saturated carbocycles. The lowest BCUT2D eigenvalue weighted by molar-refractivity contribution is -0.301. The molecule has 0 aliphatic carbocycles. The predicted octanol–water partition coefficient (Wildman–Crippen LogP) is 1.72. The largest absolute Gasteiger partial charge is 0.394 e. The lowest BCUT2D eigenvalue weighted by Crippen LogP contribution is -2.59. The molecule has 144 valence electrons. The normalized spacial score (nSPS) is 30.6. The summed E-state index contributed by atoms with van der Waals surface area (Å²) in [7, 11) is 0. The summed E-state index contributed by atoms with van der Waals surface area (Å²) >= 11 is 0. The SMILES string of the molecule is CCCCCCCCCCCCO[C@H]1O[C@H](CO)[C@@H](O)[C@@H](O)[C@@H]1O. The Morgan fingerprint density at radius 1 is 0.750 bits per heavy atom. The topological polar surface area (TPSA) is 99.4 Å². The lowest BCUT2D eigenvalue weighted by Gasteiger charge is -2.39. The summed E-state index contributed by atoms with van der Waals surface area (Å²) in [5.41, 5.74) is 0. The first-order chi connectivity index (χ1) is 11.6. The molecule has 0 aromatic carbocycles. The molecular weight excluding hydrogens is 312 g/mol. The van der Waals surface area contributed by atoms with Crippen molar-refractivity contribution >= 4 is 0 Å². The standard InChI is InChI=1S/C18H36O6/c1-2-3-4-5-6-7-8-9-10-11-12-23-18-17(22)16(21)15(20)14(13-19)24-18/h14-22H,2-13H2,1H3/t14-,15-,16-,17+,18+/m1/s1. The van der Waals surface area contributed by atoms with Crippen LogP contribution in [0.15, 0.2) is 0 Å². The van der Waals surface area contributed by atoms with Gasteiger partial charge in [0.1, 0.15) is 24.4 Å². The van der Waals surface area contributed by atoms with Gasteiger partial charge in [-0.25, -0.2) is 0 Å². The van der Waals surface area contributed by atoms with Crippen LogP contribution in [0, 0.1) is 0 Å². The summed E-state index contributed by atoms with van der Waals surface area (Å²) in [5.74, 6) is 0. The van der Waals surface area contributed by atoms with E-state index in [1.807, 2.05) is 0 Å². The van der Waals surface area contributed by atoms with Gasteiger partial charge in [0.2, 0.25) is 0 Å². The highest BCUT2D eigenvalue weighted by atomic mass is 16.7. The van der Waals surface area contributed by atoms with E-state index < -0.39 is 37.3 Å². The fraction of sp³-hybridized carbons (Fsp3) is 1.00. The average molecular weight is 348 g/mol. The van der Waals surface area contributed by atoms with E-state index in [2.05, 4.69) is 6.92 Å². The summed E-state index contributed by atoms with van der Waals surface area (Å²) in [5, 5.41) is 38.3. The van der Waals surface area contributed by atoms with Crippen molar-refractivity contribution < 1.29 is 29.9 Å². The van der Waals surface area contributed by atoms with Crippen molar-refractivity contribution in [3.8, 4) is 0 Å². The third-order valence-corrected chi connectivity index (χ3v) is 4.63. The Kier molecular flexibility index (Phi) is 11.8. The van der Waals surface area contributed by atoms with Crippen molar-refractivity contribution in [3.63, 3.8) is 0 Å². The van der Waals surface area contributed by atoms with Crippen LogP contribution in [0.2, 0.25) is 0 Å². The molecule has 0 spiro atoms. The smallest absolute Gasteiger partial charge is 0.186 e. The zero-order valence-electron chi connectivity index (χ0n) is 15.0. The number of aliphatic hydroxyl groups excluding tert-OH is 4. The van der Waals surface area contributed by atoms with E-state index in [-0.39, 0.29) is 0 Å². The first kappa shape index (κ1) is 21.8. The number of unbranched alkanes of at least 4 members (excludes halogenated alkanes) is 9. The Bertz CT molecular complexity index is 299. The van der Waals surface area contributed by atoms with Gasteiger partial charge in [-0.3, -0.25) is 0 Å². The molecule has 6 nitrogen and oxygen atoms in total. The minimum atomic E-state index is -1.37. The molecule has 0 amide bonds. The minimum Gasteiger partial charge on any atom is -0.394 e. The predicted molar refractivity (Wildman–Crippen MR) is 91.6 cm³/mol. The summed E-state index contributed by atoms with van der Waals surface area (Å²) in [6.07, 6.45) is 6.37. The van der Waals surface area contributed by atoms with Crippen LogP contribution in [-0.2, 0) is 9.47 Å². The van der Waals surface area contributed by atoms with Crippen molar-refractivity contribution in [1.82, 2.24) is 0 Å². The number of hydrogen-bond donors (Lipinski definition) is 4. The van der Waals surface area contributed by atoms with Gasteiger partial charge in [0.05, 0.1) is 6.61 Å². The van der Waals surface area contributed by atoms with Crippen LogP contribution in [0.1, 0.15) is 71.1 Å². The first-order valence-electron chi connectivity index (χ1n) is 9.54. The second-order valence-corrected chi connectivity index (χ2v) is 6.75. The summed E-state index contributed by atoms with van der Waals surface area (Å²) < 4.78 is 10.8. The molecule has 1 fully saturated rings. The molecule has 0 unspecified atom stereocenters. The van der Waals surface area contributed by atoms with Gasteiger partial charge >= 0.3 is 0 Å². The summed E-state index contributed by atoms with van der Waals surface area (Å²) in [4.78, 5) is 0. The highest BCUT2D eigenvalue weighted by molar-refractivity contribution is 4.88. The molecular formula is C18H36O6. The van der Waals surface area contributed by atoms with E-state index in [9.17, 15) is 15.3 Å². The van der Waals surface area contributed by atoms with Gasteiger partial charge < -0.3 is 29.9 Å². The monoisotopic (exact) mass is 348 g/mol. The molecule has 4 N–H and O–H groups in total. The Morgan fingerprint density at radius 3 is 1.83 bits per heavy atom. The highest BCUT2D eigenvalue weighted by Gasteiger charge is 2.43. The van der Waals surface area contributed by atoms with Gasteiger partial charge in [-0.15, -0.1) is 0 Å². The molecule has 1 heterocycles. The van der Waals surface area contributed by atoms with E-state index in [1.165, 1.54) is 51.4 Å². The molecule has 0 aromatic rings. The van der Waals surface area contributed by atoms with E-state index >= 15 is 0 Å². The van der Waals surface area contributed by atoms with Gasteiger partial charge in [0.25, 0.3) is 0 Å². The maximum Gasteiger partial charge on any atom is 0.186 e. The van der Waals surface area contributed by atoms with E-state index in [4.69, 9.17) is 14.6 Å². The Hall–Kier alpha value is -0.240. The fourth-order valence-corrected chi connectivity index (χ4v) is 2.99. The Morgan fingerprint density at radius 2 is 1.29 bits per heavy atom. The maximum absolute atomic E-state index is 9.84. The van der Waals surface area contributed by atoms with Gasteiger partial charge in [-0.05, 0) is 6.42 Å². The molecule has 1 aliphatic heterocycles. The van der Waals surface area contributed by atoms with Crippen LogP contribution < -0.4 is 0 Å². The van der Waals surface area contributed by atoms with Crippen LogP contribution in [0.5, 0.6) is 0 Å². The molecule has 5 atom stereocenters. The second-order valence-electron chi connectivity index (χ2n) is 6.75. The van der Waals surface area contributed by atoms with Gasteiger partial charge in [0, 0.05) is 6.61 Å². The van der Waals surface area contributed by atoms with Crippen LogP contribution in [0.3, 0.4) is 0 Å². The van der Waals surface area contributed by atoms with Crippen LogP contribution in [0.4, 0.5) is 0 Å². The van der Waals surface area contributed by atoms with E-state index in [0.717, 1.165) is 12.8 Å². The first-order valence-corrected chi connectivity index (χ1v) is 9.54. The van der Waals surface area contributed by atoms with Gasteiger partial charge in [-0.1, -0.05) is 64.7 Å². The summed E-state index contributed by atoms with van der Waals surface area (Å²) in [6, 6.07) is 0. The average Bonchev–Trinajstić information content (AvgIpc) is 2.59. The molecule has 1 aliphatic rings. The van der Waals surface area contributed by atoms with Crippen molar-refractivity contribution in [3.05, 3.63) is 0 Å². The zero-order valence-corrected chi connectivity index (χ0v) is 15.0. The Labute approximate surface area is 145 Å². The fourth-order valence-electron chi connectivity index (χ4n) is 2.99. The second kappa shape index (κ2) is 13.0. The minimum absolute atomic E-state index is 0.428. The number of aliphatic hydroxyl groups is 4. The third kappa shape index (κ3) is 7.76. The molecule has 1 saturated heterocycles. The number of hydrogen-bond acceptors (Lipinski definition) is 6. The van der Waals surface area contributed by atoms with Gasteiger partial charge in [0.15, 0.2) is 6.29 Å². The van der Waals surface area contributed by atoms with Crippen molar-refractivity contribution in [1.29, 1.82) is 0 Å². The summed E-state index contributed by atoms with van der Waals surface area (Å²) in [6.45, 7) is 2.23. The Balaban J connectivity index is 2.02. The maximum atomic E-state index is 9.84. The quantitative estimate of drug-likeness (QED) is 0.378. The lowest BCUT2D eigenvalue weighted by atomic mass is 9.99. The van der Waals surface area contributed by atoms with E-state index in [1.54, 1.807) is 0 Å². The molecule has 0 aromatic heterocycles. The molecule has 1 rings (SSSR count). The number of ether oxygens (including phenoxy) is 2. The molecule has 0 radical (unpaired) electrons. The molecule has 6 heteroatoms. The van der Waals surface area contributed by atoms with Crippen LogP contribution >= 0.6 is 0 Å². The van der Waals surface area contributed by atoms with E-state index in [0.29, 0.717) is 6.61 Å².